The van der Waals surface area contributed by atoms with E-state index in [9.17, 15) is 24.6 Å². The van der Waals surface area contributed by atoms with Gasteiger partial charge in [0.1, 0.15) is 11.8 Å². The minimum atomic E-state index is -0.699. The monoisotopic (exact) mass is 469 g/mol. The molecule has 33 heavy (non-hydrogen) atoms. The van der Waals surface area contributed by atoms with Gasteiger partial charge in [-0.3, -0.25) is 14.5 Å². The number of carbonyl (C=O) groups is 3. The second-order valence-corrected chi connectivity index (χ2v) is 10.3. The van der Waals surface area contributed by atoms with Gasteiger partial charge in [0.25, 0.3) is 0 Å². The average molecular weight is 470 g/mol. The third-order valence-corrected chi connectivity index (χ3v) is 6.27. The lowest BCUT2D eigenvalue weighted by molar-refractivity contribution is -0.128. The van der Waals surface area contributed by atoms with Gasteiger partial charge in [-0.2, -0.15) is 0 Å². The van der Waals surface area contributed by atoms with E-state index in [1.807, 2.05) is 0 Å². The summed E-state index contributed by atoms with van der Waals surface area (Å²) in [7, 11) is 0. The number of likely N-dealkylation sites (tertiary alicyclic amines) is 1. The van der Waals surface area contributed by atoms with E-state index in [0.29, 0.717) is 51.6 Å². The van der Waals surface area contributed by atoms with Crippen LogP contribution in [0.5, 0.6) is 0 Å². The molecule has 0 aromatic rings. The number of piperidine rings is 3. The molecule has 0 spiro atoms. The molecule has 3 saturated heterocycles. The molecule has 188 valence electrons. The highest BCUT2D eigenvalue weighted by atomic mass is 16.6. The van der Waals surface area contributed by atoms with E-state index in [2.05, 4.69) is 21.3 Å². The zero-order valence-corrected chi connectivity index (χ0v) is 19.8. The third kappa shape index (κ3) is 7.53. The fourth-order valence-corrected chi connectivity index (χ4v) is 4.46. The van der Waals surface area contributed by atoms with Crippen LogP contribution in [0.1, 0.15) is 59.3 Å². The number of nitrogens with zero attached hydrogens (tertiary/aromatic N) is 1. The van der Waals surface area contributed by atoms with Crippen molar-refractivity contribution in [3.8, 4) is 0 Å². The highest BCUT2D eigenvalue weighted by molar-refractivity contribution is 5.83. The van der Waals surface area contributed by atoms with Gasteiger partial charge in [-0.1, -0.05) is 0 Å². The number of hydrogen-bond acceptors (Lipinski definition) is 8. The van der Waals surface area contributed by atoms with Gasteiger partial charge in [0.05, 0.1) is 24.3 Å². The fraction of sp³-hybridized carbons (Fsp3) is 0.864. The highest BCUT2D eigenvalue weighted by Crippen LogP contribution is 2.21. The zero-order chi connectivity index (χ0) is 24.2. The Balaban J connectivity index is 1.61. The number of carbonyl (C=O) groups excluding carboxylic acids is 3. The first-order chi connectivity index (χ1) is 15.5. The van der Waals surface area contributed by atoms with Gasteiger partial charge in [0.15, 0.2) is 0 Å². The van der Waals surface area contributed by atoms with Gasteiger partial charge in [0, 0.05) is 25.7 Å². The molecule has 6 atom stereocenters. The molecule has 3 aliphatic rings. The van der Waals surface area contributed by atoms with E-state index in [1.54, 1.807) is 20.8 Å². The molecule has 3 rings (SSSR count). The number of ether oxygens (including phenoxy) is 1. The predicted molar refractivity (Wildman–Crippen MR) is 120 cm³/mol. The molecule has 0 bridgehead atoms. The Morgan fingerprint density at radius 2 is 1.39 bits per heavy atom. The average Bonchev–Trinajstić information content (AvgIpc) is 2.74. The van der Waals surface area contributed by atoms with E-state index in [4.69, 9.17) is 4.74 Å². The molecule has 0 saturated carbocycles. The molecule has 3 aliphatic heterocycles. The van der Waals surface area contributed by atoms with Crippen LogP contribution in [0.3, 0.4) is 0 Å². The summed E-state index contributed by atoms with van der Waals surface area (Å²) in [6, 6.07) is -1.05. The first kappa shape index (κ1) is 25.7. The van der Waals surface area contributed by atoms with Gasteiger partial charge in [-0.25, -0.2) is 4.79 Å². The van der Waals surface area contributed by atoms with Crippen molar-refractivity contribution in [2.45, 2.75) is 101 Å². The normalized spacial score (nSPS) is 33.2. The van der Waals surface area contributed by atoms with Crippen LogP contribution in [-0.4, -0.2) is 94.8 Å². The molecular weight excluding hydrogens is 430 g/mol. The SMILES string of the molecule is CC(C)(C)OC(=O)N1C[C@@H](NC(=O)C2CCC(O)CN2)CCC1NC(=O)C1CCC(O)CN1. The van der Waals surface area contributed by atoms with E-state index in [1.165, 1.54) is 4.90 Å². The molecule has 11 heteroatoms. The maximum absolute atomic E-state index is 12.9. The van der Waals surface area contributed by atoms with E-state index in [0.717, 1.165) is 0 Å². The summed E-state index contributed by atoms with van der Waals surface area (Å²) >= 11 is 0. The van der Waals surface area contributed by atoms with Crippen molar-refractivity contribution in [2.24, 2.45) is 0 Å². The summed E-state index contributed by atoms with van der Waals surface area (Å²) in [5, 5.41) is 31.3. The van der Waals surface area contributed by atoms with Crippen LogP contribution in [0.15, 0.2) is 0 Å². The van der Waals surface area contributed by atoms with Crippen LogP contribution in [0.2, 0.25) is 0 Å². The first-order valence-corrected chi connectivity index (χ1v) is 11.9. The largest absolute Gasteiger partial charge is 0.444 e. The summed E-state index contributed by atoms with van der Waals surface area (Å²) in [6.07, 6.45) is 1.29. The summed E-state index contributed by atoms with van der Waals surface area (Å²) in [6.45, 7) is 6.30. The molecule has 3 heterocycles. The van der Waals surface area contributed by atoms with E-state index >= 15 is 0 Å². The quantitative estimate of drug-likeness (QED) is 0.312. The zero-order valence-electron chi connectivity index (χ0n) is 19.8. The lowest BCUT2D eigenvalue weighted by Crippen LogP contribution is -2.63. The van der Waals surface area contributed by atoms with Crippen molar-refractivity contribution in [3.05, 3.63) is 0 Å². The van der Waals surface area contributed by atoms with Crippen LogP contribution in [0.4, 0.5) is 4.79 Å². The smallest absolute Gasteiger partial charge is 0.412 e. The second kappa shape index (κ2) is 11.0. The number of aliphatic hydroxyl groups is 2. The van der Waals surface area contributed by atoms with E-state index in [-0.39, 0.29) is 30.4 Å². The Morgan fingerprint density at radius 3 is 1.88 bits per heavy atom. The van der Waals surface area contributed by atoms with Crippen molar-refractivity contribution in [1.29, 1.82) is 0 Å². The fourth-order valence-electron chi connectivity index (χ4n) is 4.46. The van der Waals surface area contributed by atoms with Gasteiger partial charge in [-0.05, 0) is 59.3 Å². The lowest BCUT2D eigenvalue weighted by Gasteiger charge is -2.41. The van der Waals surface area contributed by atoms with Gasteiger partial charge < -0.3 is 36.2 Å². The Kier molecular flexibility index (Phi) is 8.54. The molecule has 3 amide bonds. The van der Waals surface area contributed by atoms with Crippen molar-refractivity contribution in [1.82, 2.24) is 26.2 Å². The third-order valence-electron chi connectivity index (χ3n) is 6.27. The topological polar surface area (TPSA) is 152 Å². The Hall–Kier alpha value is -1.95. The molecule has 5 unspecified atom stereocenters. The summed E-state index contributed by atoms with van der Waals surface area (Å²) < 4.78 is 5.56. The number of hydrogen-bond donors (Lipinski definition) is 6. The maximum Gasteiger partial charge on any atom is 0.412 e. The number of aliphatic hydroxyl groups excluding tert-OH is 2. The van der Waals surface area contributed by atoms with Gasteiger partial charge >= 0.3 is 6.09 Å². The molecule has 11 nitrogen and oxygen atoms in total. The number of amides is 3. The van der Waals surface area contributed by atoms with E-state index < -0.39 is 36.1 Å². The maximum atomic E-state index is 12.9. The first-order valence-electron chi connectivity index (χ1n) is 11.9. The molecule has 0 aliphatic carbocycles. The van der Waals surface area contributed by atoms with Crippen LogP contribution < -0.4 is 21.3 Å². The summed E-state index contributed by atoms with van der Waals surface area (Å²) in [5.74, 6) is -0.364. The number of nitrogens with one attached hydrogen (secondary N) is 4. The number of β-amino-alcohol motifs (C(OH)–C–C–N with tert-alkyl or cyclic N) is 2. The molecule has 3 fully saturated rings. The van der Waals surface area contributed by atoms with Gasteiger partial charge in [0.2, 0.25) is 11.8 Å². The Labute approximate surface area is 195 Å². The van der Waals surface area contributed by atoms with Crippen LogP contribution in [-0.2, 0) is 14.3 Å². The van der Waals surface area contributed by atoms with Crippen LogP contribution in [0.25, 0.3) is 0 Å². The van der Waals surface area contributed by atoms with Crippen molar-refractivity contribution in [3.63, 3.8) is 0 Å². The molecule has 0 aromatic carbocycles. The standard InChI is InChI=1S/C22H39N5O6/c1-22(2,3)33-21(32)27-12-13(25-19(30)16-7-5-14(28)10-23-16)4-9-18(27)26-20(31)17-8-6-15(29)11-24-17/h13-18,23-24,28-29H,4-12H2,1-3H3,(H,25,30)(H,26,31)/t13-,14?,15?,16?,17?,18?/m0/s1. The molecular formula is C22H39N5O6. The highest BCUT2D eigenvalue weighted by Gasteiger charge is 2.38. The molecule has 6 N–H and O–H groups in total. The van der Waals surface area contributed by atoms with Crippen LogP contribution in [0, 0.1) is 0 Å². The molecule has 0 radical (unpaired) electrons. The van der Waals surface area contributed by atoms with Crippen molar-refractivity contribution in [2.75, 3.05) is 19.6 Å². The summed E-state index contributed by atoms with van der Waals surface area (Å²) in [4.78, 5) is 39.9. The summed E-state index contributed by atoms with van der Waals surface area (Å²) in [5.41, 5.74) is -0.699. The second-order valence-electron chi connectivity index (χ2n) is 10.3. The number of rotatable bonds is 4. The minimum absolute atomic E-state index is 0.150. The van der Waals surface area contributed by atoms with Gasteiger partial charge in [-0.15, -0.1) is 0 Å². The Morgan fingerprint density at radius 1 is 0.848 bits per heavy atom. The Bertz CT molecular complexity index is 698. The van der Waals surface area contributed by atoms with Crippen molar-refractivity contribution < 1.29 is 29.3 Å². The molecule has 0 aromatic heterocycles. The van der Waals surface area contributed by atoms with Crippen LogP contribution >= 0.6 is 0 Å². The lowest BCUT2D eigenvalue weighted by atomic mass is 9.99. The van der Waals surface area contributed by atoms with Crippen molar-refractivity contribution >= 4 is 17.9 Å². The minimum Gasteiger partial charge on any atom is -0.444 e. The predicted octanol–water partition coefficient (Wildman–Crippen LogP) is -0.830.